The zero-order valence-electron chi connectivity index (χ0n) is 10.4. The maximum absolute atomic E-state index is 13.4. The van der Waals surface area contributed by atoms with E-state index in [-0.39, 0.29) is 5.75 Å². The Labute approximate surface area is 112 Å². The van der Waals surface area contributed by atoms with E-state index in [0.29, 0.717) is 11.6 Å². The van der Waals surface area contributed by atoms with E-state index in [9.17, 15) is 4.39 Å². The molecule has 1 aromatic rings. The smallest absolute Gasteiger partial charge is 0.173 e. The summed E-state index contributed by atoms with van der Waals surface area (Å²) in [6.07, 6.45) is 5.36. The Hall–Kier alpha value is -0.800. The maximum Gasteiger partial charge on any atom is 0.173 e. The third-order valence-electron chi connectivity index (χ3n) is 3.35. The number of halogens is 2. The molecule has 0 radical (unpaired) electrons. The Morgan fingerprint density at radius 3 is 2.83 bits per heavy atom. The second kappa shape index (κ2) is 6.95. The highest BCUT2D eigenvalue weighted by atomic mass is 35.5. The Morgan fingerprint density at radius 1 is 1.33 bits per heavy atom. The van der Waals surface area contributed by atoms with Crippen LogP contribution < -0.4 is 10.1 Å². The largest absolute Gasteiger partial charge is 0.488 e. The lowest BCUT2D eigenvalue weighted by molar-refractivity contribution is 0.295. The van der Waals surface area contributed by atoms with Crippen molar-refractivity contribution in [3.63, 3.8) is 0 Å². The summed E-state index contributed by atoms with van der Waals surface area (Å²) in [5.74, 6) is 0.558. The van der Waals surface area contributed by atoms with Gasteiger partial charge in [0.25, 0.3) is 0 Å². The van der Waals surface area contributed by atoms with Crippen molar-refractivity contribution in [3.8, 4) is 5.75 Å². The summed E-state index contributed by atoms with van der Waals surface area (Å²) >= 11 is 5.86. The van der Waals surface area contributed by atoms with Crippen LogP contribution in [0.4, 0.5) is 4.39 Å². The van der Waals surface area contributed by atoms with Crippen molar-refractivity contribution in [2.24, 2.45) is 5.92 Å². The number of ether oxygens (including phenoxy) is 1. The van der Waals surface area contributed by atoms with Crippen molar-refractivity contribution < 1.29 is 9.13 Å². The molecule has 4 heteroatoms. The van der Waals surface area contributed by atoms with Gasteiger partial charge in [0, 0.05) is 6.54 Å². The minimum atomic E-state index is -0.404. The molecule has 1 N–H and O–H groups in total. The van der Waals surface area contributed by atoms with Gasteiger partial charge in [-0.05, 0) is 37.4 Å². The van der Waals surface area contributed by atoms with Crippen LogP contribution in [0, 0.1) is 11.7 Å². The lowest BCUT2D eigenvalue weighted by atomic mass is 10.1. The molecule has 0 spiro atoms. The van der Waals surface area contributed by atoms with Crippen molar-refractivity contribution in [3.05, 3.63) is 29.0 Å². The molecule has 100 valence electrons. The topological polar surface area (TPSA) is 21.3 Å². The third kappa shape index (κ3) is 3.85. The highest BCUT2D eigenvalue weighted by Crippen LogP contribution is 2.27. The van der Waals surface area contributed by atoms with Crippen LogP contribution in [-0.2, 0) is 0 Å². The fraction of sp³-hybridized carbons (Fsp3) is 0.571. The highest BCUT2D eigenvalue weighted by molar-refractivity contribution is 6.32. The molecule has 0 aromatic heterocycles. The molecule has 1 aromatic carbocycles. The van der Waals surface area contributed by atoms with E-state index < -0.39 is 5.82 Å². The first-order valence-electron chi connectivity index (χ1n) is 6.55. The maximum atomic E-state index is 13.4. The van der Waals surface area contributed by atoms with Gasteiger partial charge in [0.05, 0.1) is 5.02 Å². The van der Waals surface area contributed by atoms with Crippen LogP contribution in [0.1, 0.15) is 25.7 Å². The van der Waals surface area contributed by atoms with Gasteiger partial charge >= 0.3 is 0 Å². The molecule has 2 nitrogen and oxygen atoms in total. The van der Waals surface area contributed by atoms with Crippen molar-refractivity contribution in [1.82, 2.24) is 5.32 Å². The number of rotatable bonds is 6. The average molecular weight is 272 g/mol. The standard InChI is InChI=1S/C14H19ClFNO/c15-12-6-3-7-13(16)14(12)18-9-8-17-10-11-4-1-2-5-11/h3,6-7,11,17H,1-2,4-5,8-10H2. The quantitative estimate of drug-likeness (QED) is 0.798. The van der Waals surface area contributed by atoms with Gasteiger partial charge in [0.1, 0.15) is 6.61 Å². The number of para-hydroxylation sites is 1. The van der Waals surface area contributed by atoms with Gasteiger partial charge in [-0.15, -0.1) is 0 Å². The molecule has 0 heterocycles. The van der Waals surface area contributed by atoms with E-state index >= 15 is 0 Å². The number of hydrogen-bond donors (Lipinski definition) is 1. The lowest BCUT2D eigenvalue weighted by Gasteiger charge is -2.12. The van der Waals surface area contributed by atoms with Crippen molar-refractivity contribution in [2.45, 2.75) is 25.7 Å². The van der Waals surface area contributed by atoms with Crippen LogP contribution in [-0.4, -0.2) is 19.7 Å². The Balaban J connectivity index is 1.65. The van der Waals surface area contributed by atoms with Crippen LogP contribution in [0.15, 0.2) is 18.2 Å². The highest BCUT2D eigenvalue weighted by Gasteiger charge is 2.14. The second-order valence-electron chi connectivity index (χ2n) is 4.75. The molecule has 1 saturated carbocycles. The molecule has 0 saturated heterocycles. The monoisotopic (exact) mass is 271 g/mol. The molecule has 1 fully saturated rings. The summed E-state index contributed by atoms with van der Waals surface area (Å²) in [4.78, 5) is 0. The SMILES string of the molecule is Fc1cccc(Cl)c1OCCNCC1CCCC1. The fourth-order valence-corrected chi connectivity index (χ4v) is 2.58. The zero-order valence-corrected chi connectivity index (χ0v) is 11.2. The first kappa shape index (κ1) is 13.6. The number of benzene rings is 1. The van der Waals surface area contributed by atoms with Crippen molar-refractivity contribution in [1.29, 1.82) is 0 Å². The zero-order chi connectivity index (χ0) is 12.8. The van der Waals surface area contributed by atoms with Gasteiger partial charge in [-0.25, -0.2) is 4.39 Å². The van der Waals surface area contributed by atoms with Crippen LogP contribution in [0.3, 0.4) is 0 Å². The number of nitrogens with one attached hydrogen (secondary N) is 1. The van der Waals surface area contributed by atoms with E-state index in [1.54, 1.807) is 12.1 Å². The first-order valence-corrected chi connectivity index (χ1v) is 6.92. The molecular formula is C14H19ClFNO. The summed E-state index contributed by atoms with van der Waals surface area (Å²) in [7, 11) is 0. The van der Waals surface area contributed by atoms with Crippen LogP contribution >= 0.6 is 11.6 Å². The summed E-state index contributed by atoms with van der Waals surface area (Å²) in [6.45, 7) is 2.20. The molecule has 0 amide bonds. The molecule has 18 heavy (non-hydrogen) atoms. The summed E-state index contributed by atoms with van der Waals surface area (Å²) in [5, 5.41) is 3.67. The van der Waals surface area contributed by atoms with Crippen molar-refractivity contribution >= 4 is 11.6 Å². The molecule has 1 aliphatic rings. The van der Waals surface area contributed by atoms with Gasteiger partial charge in [-0.3, -0.25) is 0 Å². The van der Waals surface area contributed by atoms with Gasteiger partial charge in [-0.1, -0.05) is 30.5 Å². The predicted octanol–water partition coefficient (Wildman–Crippen LogP) is 3.64. The summed E-state index contributed by atoms with van der Waals surface area (Å²) in [5.41, 5.74) is 0. The molecule has 0 unspecified atom stereocenters. The van der Waals surface area contributed by atoms with E-state index in [1.165, 1.54) is 31.7 Å². The van der Waals surface area contributed by atoms with Gasteiger partial charge < -0.3 is 10.1 Å². The minimum Gasteiger partial charge on any atom is -0.488 e. The molecule has 0 bridgehead atoms. The lowest BCUT2D eigenvalue weighted by Crippen LogP contribution is -2.26. The normalized spacial score (nSPS) is 16.1. The van der Waals surface area contributed by atoms with E-state index in [0.717, 1.165) is 19.0 Å². The average Bonchev–Trinajstić information content (AvgIpc) is 2.85. The molecular weight excluding hydrogens is 253 g/mol. The summed E-state index contributed by atoms with van der Waals surface area (Å²) in [6, 6.07) is 4.56. The molecule has 1 aliphatic carbocycles. The summed E-state index contributed by atoms with van der Waals surface area (Å²) < 4.78 is 18.7. The molecule has 2 rings (SSSR count). The van der Waals surface area contributed by atoms with Crippen molar-refractivity contribution in [2.75, 3.05) is 19.7 Å². The van der Waals surface area contributed by atoms with Gasteiger partial charge in [-0.2, -0.15) is 0 Å². The Morgan fingerprint density at radius 2 is 2.11 bits per heavy atom. The van der Waals surface area contributed by atoms with Gasteiger partial charge in [0.15, 0.2) is 11.6 Å². The van der Waals surface area contributed by atoms with Crippen LogP contribution in [0.2, 0.25) is 5.02 Å². The Kier molecular flexibility index (Phi) is 5.26. The predicted molar refractivity (Wildman–Crippen MR) is 71.7 cm³/mol. The van der Waals surface area contributed by atoms with E-state index in [1.807, 2.05) is 0 Å². The van der Waals surface area contributed by atoms with E-state index in [4.69, 9.17) is 16.3 Å². The van der Waals surface area contributed by atoms with Gasteiger partial charge in [0.2, 0.25) is 0 Å². The second-order valence-corrected chi connectivity index (χ2v) is 5.16. The number of hydrogen-bond acceptors (Lipinski definition) is 2. The molecule has 0 atom stereocenters. The fourth-order valence-electron chi connectivity index (χ4n) is 2.37. The third-order valence-corrected chi connectivity index (χ3v) is 3.65. The van der Waals surface area contributed by atoms with E-state index in [2.05, 4.69) is 5.32 Å². The first-order chi connectivity index (χ1) is 8.77. The molecule has 0 aliphatic heterocycles. The van der Waals surface area contributed by atoms with Crippen LogP contribution in [0.5, 0.6) is 5.75 Å². The Bertz CT molecular complexity index is 360. The minimum absolute atomic E-state index is 0.154. The van der Waals surface area contributed by atoms with Crippen LogP contribution in [0.25, 0.3) is 0 Å².